The van der Waals surface area contributed by atoms with Gasteiger partial charge in [-0.3, -0.25) is 0 Å². The summed E-state index contributed by atoms with van der Waals surface area (Å²) in [6.07, 6.45) is 2.02. The number of anilines is 1. The molecule has 0 unspecified atom stereocenters. The van der Waals surface area contributed by atoms with Gasteiger partial charge in [0, 0.05) is 6.20 Å². The molecule has 0 atom stereocenters. The predicted molar refractivity (Wildman–Crippen MR) is 61.3 cm³/mol. The van der Waals surface area contributed by atoms with Crippen molar-refractivity contribution in [1.29, 1.82) is 0 Å². The standard InChI is InChI=1S/C10H16N2O2S/c1-8(2)15(13,14)7-5-9-4-3-6-12-10(9)11/h3-4,6,8H,5,7H2,1-2H3,(H2,11,12). The van der Waals surface area contributed by atoms with Crippen LogP contribution in [0.2, 0.25) is 0 Å². The van der Waals surface area contributed by atoms with Crippen LogP contribution in [0.15, 0.2) is 18.3 Å². The van der Waals surface area contributed by atoms with E-state index in [1.807, 2.05) is 0 Å². The lowest BCUT2D eigenvalue weighted by Gasteiger charge is -2.08. The summed E-state index contributed by atoms with van der Waals surface area (Å²) < 4.78 is 23.1. The number of sulfone groups is 1. The maximum Gasteiger partial charge on any atom is 0.152 e. The molecule has 0 bridgehead atoms. The van der Waals surface area contributed by atoms with Crippen molar-refractivity contribution in [2.45, 2.75) is 25.5 Å². The second kappa shape index (κ2) is 4.61. The van der Waals surface area contributed by atoms with Gasteiger partial charge in [0.2, 0.25) is 0 Å². The van der Waals surface area contributed by atoms with E-state index in [2.05, 4.69) is 4.98 Å². The zero-order chi connectivity index (χ0) is 11.5. The number of hydrogen-bond acceptors (Lipinski definition) is 4. The average molecular weight is 228 g/mol. The number of nitrogens with zero attached hydrogens (tertiary/aromatic N) is 1. The van der Waals surface area contributed by atoms with E-state index in [1.165, 1.54) is 0 Å². The third-order valence-electron chi connectivity index (χ3n) is 2.30. The molecule has 0 fully saturated rings. The van der Waals surface area contributed by atoms with Crippen molar-refractivity contribution in [3.63, 3.8) is 0 Å². The Kier molecular flexibility index (Phi) is 3.68. The third kappa shape index (κ3) is 3.20. The van der Waals surface area contributed by atoms with Gasteiger partial charge in [0.15, 0.2) is 9.84 Å². The molecule has 5 heteroatoms. The molecule has 4 nitrogen and oxygen atoms in total. The van der Waals surface area contributed by atoms with Crippen molar-refractivity contribution < 1.29 is 8.42 Å². The molecule has 0 aliphatic carbocycles. The molecule has 1 aromatic heterocycles. The summed E-state index contributed by atoms with van der Waals surface area (Å²) in [5.74, 6) is 0.539. The lowest BCUT2D eigenvalue weighted by atomic mass is 10.2. The van der Waals surface area contributed by atoms with Crippen LogP contribution in [-0.4, -0.2) is 24.4 Å². The number of nitrogen functional groups attached to an aromatic ring is 1. The lowest BCUT2D eigenvalue weighted by Crippen LogP contribution is -2.19. The smallest absolute Gasteiger partial charge is 0.152 e. The summed E-state index contributed by atoms with van der Waals surface area (Å²) in [5, 5.41) is -0.338. The van der Waals surface area contributed by atoms with Crippen molar-refractivity contribution in [3.8, 4) is 0 Å². The highest BCUT2D eigenvalue weighted by molar-refractivity contribution is 7.91. The van der Waals surface area contributed by atoms with Gasteiger partial charge >= 0.3 is 0 Å². The van der Waals surface area contributed by atoms with Crippen LogP contribution < -0.4 is 5.73 Å². The van der Waals surface area contributed by atoms with Crippen LogP contribution in [0.3, 0.4) is 0 Å². The predicted octanol–water partition coefficient (Wildman–Crippen LogP) is 1.03. The van der Waals surface area contributed by atoms with Crippen molar-refractivity contribution in [2.24, 2.45) is 0 Å². The molecule has 84 valence electrons. The fraction of sp³-hybridized carbons (Fsp3) is 0.500. The fourth-order valence-electron chi connectivity index (χ4n) is 1.15. The van der Waals surface area contributed by atoms with E-state index in [-0.39, 0.29) is 11.0 Å². The molecule has 0 aromatic carbocycles. The number of pyridine rings is 1. The molecular weight excluding hydrogens is 212 g/mol. The maximum atomic E-state index is 11.6. The van der Waals surface area contributed by atoms with E-state index >= 15 is 0 Å². The average Bonchev–Trinajstić information content (AvgIpc) is 2.16. The second-order valence-electron chi connectivity index (χ2n) is 3.71. The van der Waals surface area contributed by atoms with Gasteiger partial charge in [0.1, 0.15) is 5.82 Å². The minimum atomic E-state index is -3.00. The van der Waals surface area contributed by atoms with E-state index in [0.29, 0.717) is 12.2 Å². The highest BCUT2D eigenvalue weighted by atomic mass is 32.2. The molecule has 0 saturated heterocycles. The molecule has 1 rings (SSSR count). The molecule has 0 amide bonds. The van der Waals surface area contributed by atoms with Gasteiger partial charge in [-0.25, -0.2) is 13.4 Å². The number of aromatic nitrogens is 1. The maximum absolute atomic E-state index is 11.6. The zero-order valence-electron chi connectivity index (χ0n) is 8.97. The topological polar surface area (TPSA) is 73.0 Å². The Balaban J connectivity index is 2.70. The molecule has 0 aliphatic heterocycles. The zero-order valence-corrected chi connectivity index (χ0v) is 9.79. The number of nitrogens with two attached hydrogens (primary N) is 1. The van der Waals surface area contributed by atoms with E-state index in [0.717, 1.165) is 5.56 Å². The van der Waals surface area contributed by atoms with E-state index in [1.54, 1.807) is 32.2 Å². The Labute approximate surface area is 90.4 Å². The Hall–Kier alpha value is -1.10. The quantitative estimate of drug-likeness (QED) is 0.835. The van der Waals surface area contributed by atoms with Gasteiger partial charge in [-0.2, -0.15) is 0 Å². The Morgan fingerprint density at radius 1 is 1.47 bits per heavy atom. The van der Waals surface area contributed by atoms with Gasteiger partial charge in [0.25, 0.3) is 0 Å². The number of hydrogen-bond donors (Lipinski definition) is 1. The van der Waals surface area contributed by atoms with Gasteiger partial charge in [-0.1, -0.05) is 6.07 Å². The van der Waals surface area contributed by atoms with Crippen LogP contribution in [0, 0.1) is 0 Å². The molecule has 1 heterocycles. The van der Waals surface area contributed by atoms with Crippen molar-refractivity contribution in [2.75, 3.05) is 11.5 Å². The number of rotatable bonds is 4. The summed E-state index contributed by atoms with van der Waals surface area (Å²) >= 11 is 0. The summed E-state index contributed by atoms with van der Waals surface area (Å²) in [4.78, 5) is 3.91. The Morgan fingerprint density at radius 2 is 2.13 bits per heavy atom. The number of aryl methyl sites for hydroxylation is 1. The second-order valence-corrected chi connectivity index (χ2v) is 6.39. The Morgan fingerprint density at radius 3 is 2.67 bits per heavy atom. The minimum Gasteiger partial charge on any atom is -0.383 e. The van der Waals surface area contributed by atoms with E-state index < -0.39 is 9.84 Å². The van der Waals surface area contributed by atoms with Crippen LogP contribution in [0.25, 0.3) is 0 Å². The monoisotopic (exact) mass is 228 g/mol. The van der Waals surface area contributed by atoms with Crippen molar-refractivity contribution in [3.05, 3.63) is 23.9 Å². The van der Waals surface area contributed by atoms with Gasteiger partial charge in [-0.05, 0) is 31.9 Å². The normalized spacial score (nSPS) is 11.9. The molecule has 0 radical (unpaired) electrons. The van der Waals surface area contributed by atoms with E-state index in [4.69, 9.17) is 5.73 Å². The SMILES string of the molecule is CC(C)S(=O)(=O)CCc1cccnc1N. The van der Waals surface area contributed by atoms with Crippen LogP contribution in [-0.2, 0) is 16.3 Å². The fourth-order valence-corrected chi connectivity index (χ4v) is 2.13. The highest BCUT2D eigenvalue weighted by Gasteiger charge is 2.16. The first-order valence-electron chi connectivity index (χ1n) is 4.84. The van der Waals surface area contributed by atoms with Crippen LogP contribution in [0.5, 0.6) is 0 Å². The summed E-state index contributed by atoms with van der Waals surface area (Å²) in [5.41, 5.74) is 6.41. The lowest BCUT2D eigenvalue weighted by molar-refractivity contribution is 0.586. The summed E-state index contributed by atoms with van der Waals surface area (Å²) in [7, 11) is -3.00. The van der Waals surface area contributed by atoms with Crippen LogP contribution in [0.1, 0.15) is 19.4 Å². The van der Waals surface area contributed by atoms with Gasteiger partial charge < -0.3 is 5.73 Å². The Bertz CT molecular complexity index is 427. The van der Waals surface area contributed by atoms with E-state index in [9.17, 15) is 8.42 Å². The van der Waals surface area contributed by atoms with Crippen molar-refractivity contribution >= 4 is 15.7 Å². The third-order valence-corrected chi connectivity index (χ3v) is 4.51. The van der Waals surface area contributed by atoms with Crippen LogP contribution >= 0.6 is 0 Å². The molecule has 0 spiro atoms. The molecule has 1 aromatic rings. The molecule has 0 saturated carbocycles. The van der Waals surface area contributed by atoms with Gasteiger partial charge in [0.05, 0.1) is 11.0 Å². The largest absolute Gasteiger partial charge is 0.383 e. The summed E-state index contributed by atoms with van der Waals surface area (Å²) in [6, 6.07) is 3.56. The molecule has 15 heavy (non-hydrogen) atoms. The summed E-state index contributed by atoms with van der Waals surface area (Å²) in [6.45, 7) is 3.36. The highest BCUT2D eigenvalue weighted by Crippen LogP contribution is 2.10. The first-order valence-corrected chi connectivity index (χ1v) is 6.56. The first-order chi connectivity index (χ1) is 6.93. The molecular formula is C10H16N2O2S. The molecule has 0 aliphatic rings. The van der Waals surface area contributed by atoms with Gasteiger partial charge in [-0.15, -0.1) is 0 Å². The van der Waals surface area contributed by atoms with Crippen molar-refractivity contribution in [1.82, 2.24) is 4.98 Å². The first kappa shape index (κ1) is 12.0. The minimum absolute atomic E-state index is 0.126. The molecule has 2 N–H and O–H groups in total. The van der Waals surface area contributed by atoms with Crippen LogP contribution in [0.4, 0.5) is 5.82 Å².